The number of furan rings is 2. The lowest BCUT2D eigenvalue weighted by Gasteiger charge is -2.11. The third-order valence-corrected chi connectivity index (χ3v) is 10.5. The second kappa shape index (κ2) is 12.1. The van der Waals surface area contributed by atoms with Gasteiger partial charge in [-0.25, -0.2) is 9.97 Å². The SMILES string of the molecule is c1ccc(-c2cc(-c3cccc(-c4cccc5oc6c7ccccc7c(-c7cccc8c7oc7ccccc78)cc6c45)c3)nc(-c3ccccc3)n2)cc1. The van der Waals surface area contributed by atoms with Gasteiger partial charge < -0.3 is 8.83 Å². The van der Waals surface area contributed by atoms with Crippen molar-refractivity contribution in [2.24, 2.45) is 0 Å². The minimum Gasteiger partial charge on any atom is -0.455 e. The second-order valence-corrected chi connectivity index (χ2v) is 13.7. The molecule has 0 spiro atoms. The van der Waals surface area contributed by atoms with Gasteiger partial charge in [-0.1, -0.05) is 152 Å². The maximum Gasteiger partial charge on any atom is 0.160 e. The van der Waals surface area contributed by atoms with Gasteiger partial charge in [0.1, 0.15) is 22.3 Å². The number of benzene rings is 8. The Morgan fingerprint density at radius 1 is 0.315 bits per heavy atom. The lowest BCUT2D eigenvalue weighted by molar-refractivity contribution is 0.670. The number of para-hydroxylation sites is 2. The van der Waals surface area contributed by atoms with Gasteiger partial charge in [-0.15, -0.1) is 0 Å². The van der Waals surface area contributed by atoms with E-state index in [1.54, 1.807) is 0 Å². The zero-order valence-corrected chi connectivity index (χ0v) is 29.0. The summed E-state index contributed by atoms with van der Waals surface area (Å²) in [6.45, 7) is 0. The van der Waals surface area contributed by atoms with Gasteiger partial charge in [-0.3, -0.25) is 0 Å². The van der Waals surface area contributed by atoms with E-state index in [1.165, 1.54) is 0 Å². The molecule has 0 unspecified atom stereocenters. The molecule has 0 fully saturated rings. The largest absolute Gasteiger partial charge is 0.455 e. The Morgan fingerprint density at radius 3 is 1.70 bits per heavy atom. The van der Waals surface area contributed by atoms with Crippen molar-refractivity contribution >= 4 is 54.6 Å². The van der Waals surface area contributed by atoms with E-state index in [0.717, 1.165) is 105 Å². The van der Waals surface area contributed by atoms with Crippen molar-refractivity contribution in [2.45, 2.75) is 0 Å². The van der Waals surface area contributed by atoms with Gasteiger partial charge >= 0.3 is 0 Å². The van der Waals surface area contributed by atoms with Gasteiger partial charge in [0.15, 0.2) is 5.82 Å². The van der Waals surface area contributed by atoms with E-state index in [2.05, 4.69) is 133 Å². The number of hydrogen-bond acceptors (Lipinski definition) is 4. The second-order valence-electron chi connectivity index (χ2n) is 13.7. The maximum absolute atomic E-state index is 6.75. The maximum atomic E-state index is 6.75. The quantitative estimate of drug-likeness (QED) is 0.180. The fourth-order valence-corrected chi connectivity index (χ4v) is 7.99. The van der Waals surface area contributed by atoms with Gasteiger partial charge in [-0.2, -0.15) is 0 Å². The minimum absolute atomic E-state index is 0.694. The average molecular weight is 691 g/mol. The zero-order chi connectivity index (χ0) is 35.6. The number of nitrogens with zero attached hydrogens (tertiary/aromatic N) is 2. The molecule has 11 rings (SSSR count). The predicted octanol–water partition coefficient (Wildman–Crippen LogP) is 13.8. The monoisotopic (exact) mass is 690 g/mol. The molecule has 3 aromatic heterocycles. The van der Waals surface area contributed by atoms with Crippen molar-refractivity contribution < 1.29 is 8.83 Å². The van der Waals surface area contributed by atoms with E-state index in [9.17, 15) is 0 Å². The van der Waals surface area contributed by atoms with Crippen LogP contribution in [-0.2, 0) is 0 Å². The van der Waals surface area contributed by atoms with Gasteiger partial charge in [0.05, 0.1) is 11.4 Å². The Labute approximate surface area is 310 Å². The molecule has 4 nitrogen and oxygen atoms in total. The predicted molar refractivity (Wildman–Crippen MR) is 221 cm³/mol. The number of aromatic nitrogens is 2. The molecule has 0 bridgehead atoms. The first kappa shape index (κ1) is 30.3. The summed E-state index contributed by atoms with van der Waals surface area (Å²) in [5.74, 6) is 0.694. The van der Waals surface area contributed by atoms with Crippen LogP contribution in [0.5, 0.6) is 0 Å². The Balaban J connectivity index is 1.12. The number of hydrogen-bond donors (Lipinski definition) is 0. The van der Waals surface area contributed by atoms with Crippen LogP contribution in [0.4, 0.5) is 0 Å². The first-order valence-corrected chi connectivity index (χ1v) is 18.2. The molecule has 11 aromatic rings. The third kappa shape index (κ3) is 4.85. The van der Waals surface area contributed by atoms with Crippen LogP contribution in [0.25, 0.3) is 111 Å². The standard InChI is InChI=1S/C50H30N2O2/c1-3-14-31(15-4-1)43-30-44(52-50(51-43)32-16-5-2-6-17-32)34-19-11-18-33(28-34)35-23-13-27-46-47(35)42-29-41(36-20-7-8-22-38(36)49(42)54-46)40-25-12-24-39-37-21-9-10-26-45(37)53-48(39)40/h1-30H. The summed E-state index contributed by atoms with van der Waals surface area (Å²) in [5.41, 5.74) is 12.6. The summed E-state index contributed by atoms with van der Waals surface area (Å²) in [5, 5.41) is 6.55. The molecule has 0 radical (unpaired) electrons. The first-order chi connectivity index (χ1) is 26.8. The zero-order valence-electron chi connectivity index (χ0n) is 29.0. The molecule has 0 aliphatic rings. The summed E-state index contributed by atoms with van der Waals surface area (Å²) in [6.07, 6.45) is 0. The van der Waals surface area contributed by atoms with E-state index in [-0.39, 0.29) is 0 Å². The highest BCUT2D eigenvalue weighted by Gasteiger charge is 2.21. The van der Waals surface area contributed by atoms with Crippen LogP contribution in [-0.4, -0.2) is 9.97 Å². The van der Waals surface area contributed by atoms with Crippen molar-refractivity contribution in [3.63, 3.8) is 0 Å². The molecule has 0 saturated carbocycles. The van der Waals surface area contributed by atoms with Gasteiger partial charge in [0.25, 0.3) is 0 Å². The molecule has 8 aromatic carbocycles. The molecule has 3 heterocycles. The lowest BCUT2D eigenvalue weighted by Crippen LogP contribution is -1.96. The Hall–Kier alpha value is -7.30. The molecule has 0 amide bonds. The Bertz CT molecular complexity index is 3160. The van der Waals surface area contributed by atoms with Gasteiger partial charge in [-0.05, 0) is 52.4 Å². The van der Waals surface area contributed by atoms with E-state index < -0.39 is 0 Å². The van der Waals surface area contributed by atoms with E-state index in [0.29, 0.717) is 5.82 Å². The fraction of sp³-hybridized carbons (Fsp3) is 0. The van der Waals surface area contributed by atoms with Crippen LogP contribution in [0, 0.1) is 0 Å². The molecule has 0 aliphatic heterocycles. The van der Waals surface area contributed by atoms with Crippen molar-refractivity contribution in [1.29, 1.82) is 0 Å². The normalized spacial score (nSPS) is 11.7. The molecular weight excluding hydrogens is 661 g/mol. The van der Waals surface area contributed by atoms with E-state index >= 15 is 0 Å². The lowest BCUT2D eigenvalue weighted by atomic mass is 9.92. The van der Waals surface area contributed by atoms with Crippen LogP contribution in [0.15, 0.2) is 191 Å². The van der Waals surface area contributed by atoms with Crippen LogP contribution < -0.4 is 0 Å². The van der Waals surface area contributed by atoms with E-state index in [4.69, 9.17) is 18.8 Å². The first-order valence-electron chi connectivity index (χ1n) is 18.2. The van der Waals surface area contributed by atoms with Crippen LogP contribution >= 0.6 is 0 Å². The minimum atomic E-state index is 0.694. The van der Waals surface area contributed by atoms with Crippen LogP contribution in [0.2, 0.25) is 0 Å². The van der Waals surface area contributed by atoms with Gasteiger partial charge in [0.2, 0.25) is 0 Å². The average Bonchev–Trinajstić information content (AvgIpc) is 3.83. The summed E-state index contributed by atoms with van der Waals surface area (Å²) < 4.78 is 13.3. The van der Waals surface area contributed by atoms with Crippen molar-refractivity contribution in [2.75, 3.05) is 0 Å². The molecule has 0 atom stereocenters. The van der Waals surface area contributed by atoms with Gasteiger partial charge in [0, 0.05) is 49.2 Å². The molecule has 0 N–H and O–H groups in total. The third-order valence-electron chi connectivity index (χ3n) is 10.5. The van der Waals surface area contributed by atoms with Crippen molar-refractivity contribution in [3.8, 4) is 56.2 Å². The molecule has 54 heavy (non-hydrogen) atoms. The van der Waals surface area contributed by atoms with Crippen molar-refractivity contribution in [3.05, 3.63) is 182 Å². The molecular formula is C50H30N2O2. The molecule has 0 aliphatic carbocycles. The summed E-state index contributed by atoms with van der Waals surface area (Å²) in [4.78, 5) is 10.1. The van der Waals surface area contributed by atoms with E-state index in [1.807, 2.05) is 48.5 Å². The Morgan fingerprint density at radius 2 is 0.870 bits per heavy atom. The Kier molecular flexibility index (Phi) is 6.82. The van der Waals surface area contributed by atoms with Crippen molar-refractivity contribution in [1.82, 2.24) is 9.97 Å². The smallest absolute Gasteiger partial charge is 0.160 e. The highest BCUT2D eigenvalue weighted by Crippen LogP contribution is 2.45. The fourth-order valence-electron chi connectivity index (χ4n) is 7.99. The molecule has 4 heteroatoms. The summed E-state index contributed by atoms with van der Waals surface area (Å²) in [6, 6.07) is 63.0. The topological polar surface area (TPSA) is 52.1 Å². The highest BCUT2D eigenvalue weighted by atomic mass is 16.3. The van der Waals surface area contributed by atoms with Crippen LogP contribution in [0.3, 0.4) is 0 Å². The molecule has 252 valence electrons. The summed E-state index contributed by atoms with van der Waals surface area (Å²) in [7, 11) is 0. The number of rotatable bonds is 5. The highest BCUT2D eigenvalue weighted by molar-refractivity contribution is 6.23. The van der Waals surface area contributed by atoms with Crippen LogP contribution in [0.1, 0.15) is 0 Å². The number of fused-ring (bicyclic) bond motifs is 8. The summed E-state index contributed by atoms with van der Waals surface area (Å²) >= 11 is 0. The molecule has 0 saturated heterocycles.